The van der Waals surface area contributed by atoms with Crippen LogP contribution in [0.1, 0.15) is 11.1 Å². The Hall–Kier alpha value is -1.70. The first-order valence-corrected chi connectivity index (χ1v) is 7.53. The van der Waals surface area contributed by atoms with Crippen LogP contribution < -0.4 is 4.74 Å². The van der Waals surface area contributed by atoms with E-state index in [-0.39, 0.29) is 6.16 Å². The van der Waals surface area contributed by atoms with E-state index in [1.165, 1.54) is 0 Å². The fourth-order valence-electron chi connectivity index (χ4n) is 1.80. The van der Waals surface area contributed by atoms with Gasteiger partial charge in [-0.15, -0.1) is 0 Å². The number of hydrogen-bond acceptors (Lipinski definition) is 2. The number of hydrogen-bond donors (Lipinski definition) is 1. The van der Waals surface area contributed by atoms with Gasteiger partial charge in [0.25, 0.3) is 0 Å². The van der Waals surface area contributed by atoms with E-state index in [0.717, 1.165) is 16.9 Å². The molecule has 0 amide bonds. The molecule has 3 nitrogen and oxygen atoms in total. The number of benzene rings is 2. The van der Waals surface area contributed by atoms with Crippen molar-refractivity contribution in [3.05, 3.63) is 65.7 Å². The summed E-state index contributed by atoms with van der Waals surface area (Å²) in [6.07, 6.45) is 0.817. The van der Waals surface area contributed by atoms with E-state index in [0.29, 0.717) is 13.0 Å². The van der Waals surface area contributed by atoms with Crippen LogP contribution in [-0.4, -0.2) is 11.1 Å². The molecule has 0 saturated carbocycles. The first kappa shape index (κ1) is 13.7. The number of aryl methyl sites for hydroxylation is 1. The molecule has 0 fully saturated rings. The first-order chi connectivity index (χ1) is 9.25. The lowest BCUT2D eigenvalue weighted by molar-refractivity contribution is 0.303. The summed E-state index contributed by atoms with van der Waals surface area (Å²) in [5, 5.41) is 0. The third-order valence-electron chi connectivity index (χ3n) is 2.78. The maximum atomic E-state index is 10.8. The van der Waals surface area contributed by atoms with Crippen molar-refractivity contribution in [1.82, 2.24) is 0 Å². The fourth-order valence-corrected chi connectivity index (χ4v) is 2.23. The molecule has 2 rings (SSSR count). The van der Waals surface area contributed by atoms with Crippen LogP contribution in [0.5, 0.6) is 5.75 Å². The maximum Gasteiger partial charge on any atom is 0.505 e. The van der Waals surface area contributed by atoms with E-state index < -0.39 is 8.03 Å². The van der Waals surface area contributed by atoms with Crippen LogP contribution in [0, 0.1) is 0 Å². The highest BCUT2D eigenvalue weighted by atomic mass is 31.1. The third kappa shape index (κ3) is 4.47. The second kappa shape index (κ2) is 7.03. The molecule has 0 bridgehead atoms. The van der Waals surface area contributed by atoms with Crippen molar-refractivity contribution in [2.24, 2.45) is 0 Å². The molecule has 4 heteroatoms. The van der Waals surface area contributed by atoms with Gasteiger partial charge < -0.3 is 4.74 Å². The normalized spacial score (nSPS) is 11.1. The smallest absolute Gasteiger partial charge is 0.489 e. The zero-order valence-electron chi connectivity index (χ0n) is 10.5. The summed E-state index contributed by atoms with van der Waals surface area (Å²) >= 11 is 0. The van der Waals surface area contributed by atoms with Crippen molar-refractivity contribution < 1.29 is 14.2 Å². The van der Waals surface area contributed by atoms with Crippen LogP contribution in [0.15, 0.2) is 54.6 Å². The summed E-state index contributed by atoms with van der Waals surface area (Å²) in [6.45, 7) is 0.503. The second-order valence-electron chi connectivity index (χ2n) is 4.21. The van der Waals surface area contributed by atoms with Gasteiger partial charge in [-0.2, -0.15) is 4.89 Å². The Labute approximate surface area is 113 Å². The van der Waals surface area contributed by atoms with Crippen LogP contribution in [-0.2, 0) is 17.6 Å². The Balaban J connectivity index is 2.01. The predicted octanol–water partition coefficient (Wildman–Crippen LogP) is 3.54. The lowest BCUT2D eigenvalue weighted by Gasteiger charge is -2.10. The summed E-state index contributed by atoms with van der Waals surface area (Å²) in [5.74, 6) is 0.781. The van der Waals surface area contributed by atoms with E-state index in [2.05, 4.69) is 0 Å². The monoisotopic (exact) mass is 275 g/mol. The summed E-state index contributed by atoms with van der Waals surface area (Å²) in [5.41, 5.74) is 2.07. The summed E-state index contributed by atoms with van der Waals surface area (Å²) in [6, 6.07) is 17.6. The molecule has 2 aromatic rings. The molecule has 0 heterocycles. The average Bonchev–Trinajstić information content (AvgIpc) is 2.45. The van der Waals surface area contributed by atoms with Gasteiger partial charge in [-0.25, -0.2) is 0 Å². The summed E-state index contributed by atoms with van der Waals surface area (Å²) in [4.78, 5) is 8.88. The predicted molar refractivity (Wildman–Crippen MR) is 75.6 cm³/mol. The molecule has 1 atom stereocenters. The number of ether oxygens (including phenoxy) is 1. The molecule has 19 heavy (non-hydrogen) atoms. The molecule has 0 spiro atoms. The molecule has 0 radical (unpaired) electrons. The van der Waals surface area contributed by atoms with Gasteiger partial charge in [-0.3, -0.25) is 0 Å². The quantitative estimate of drug-likeness (QED) is 0.820. The van der Waals surface area contributed by atoms with Crippen molar-refractivity contribution in [3.63, 3.8) is 0 Å². The van der Waals surface area contributed by atoms with Gasteiger partial charge in [0.05, 0.1) is 0 Å². The van der Waals surface area contributed by atoms with E-state index in [1.54, 1.807) is 0 Å². The molecular weight excluding hydrogens is 259 g/mol. The molecule has 0 aliphatic heterocycles. The van der Waals surface area contributed by atoms with Gasteiger partial charge in [0.1, 0.15) is 12.4 Å². The molecule has 1 unspecified atom stereocenters. The van der Waals surface area contributed by atoms with Gasteiger partial charge in [0.15, 0.2) is 6.16 Å². The molecular formula is C15H16O3P+. The Morgan fingerprint density at radius 1 is 1.00 bits per heavy atom. The van der Waals surface area contributed by atoms with Crippen molar-refractivity contribution in [2.75, 3.05) is 6.16 Å². The molecule has 0 aromatic heterocycles. The van der Waals surface area contributed by atoms with Gasteiger partial charge in [0.2, 0.25) is 0 Å². The third-order valence-corrected chi connectivity index (χ3v) is 3.39. The standard InChI is InChI=1S/C15H15O3P/c16-19(17)11-10-14-8-4-5-9-15(14)18-12-13-6-2-1-3-7-13/h1-9H,10-12H2/p+1. The Kier molecular flexibility index (Phi) is 5.08. The lowest BCUT2D eigenvalue weighted by atomic mass is 10.1. The highest BCUT2D eigenvalue weighted by Gasteiger charge is 2.12. The topological polar surface area (TPSA) is 46.5 Å². The van der Waals surface area contributed by atoms with E-state index >= 15 is 0 Å². The minimum atomic E-state index is -2.10. The first-order valence-electron chi connectivity index (χ1n) is 6.14. The molecule has 98 valence electrons. The van der Waals surface area contributed by atoms with Gasteiger partial charge in [-0.05, 0) is 21.8 Å². The zero-order valence-corrected chi connectivity index (χ0v) is 11.4. The summed E-state index contributed by atoms with van der Waals surface area (Å²) < 4.78 is 16.5. The van der Waals surface area contributed by atoms with E-state index in [9.17, 15) is 4.57 Å². The van der Waals surface area contributed by atoms with Crippen LogP contribution >= 0.6 is 8.03 Å². The largest absolute Gasteiger partial charge is 0.505 e. The highest BCUT2D eigenvalue weighted by molar-refractivity contribution is 7.37. The molecule has 2 aromatic carbocycles. The van der Waals surface area contributed by atoms with Crippen molar-refractivity contribution >= 4 is 8.03 Å². The molecule has 0 aliphatic carbocycles. The van der Waals surface area contributed by atoms with Crippen LogP contribution in [0.2, 0.25) is 0 Å². The minimum Gasteiger partial charge on any atom is -0.489 e. The van der Waals surface area contributed by atoms with Crippen molar-refractivity contribution in [3.8, 4) is 5.75 Å². The zero-order chi connectivity index (χ0) is 13.5. The van der Waals surface area contributed by atoms with E-state index in [4.69, 9.17) is 9.63 Å². The molecule has 0 saturated heterocycles. The SMILES string of the molecule is O=[P+](O)CCc1ccccc1OCc1ccccc1. The molecule has 0 aliphatic rings. The minimum absolute atomic E-state index is 0.265. The highest BCUT2D eigenvalue weighted by Crippen LogP contribution is 2.23. The Morgan fingerprint density at radius 3 is 2.42 bits per heavy atom. The van der Waals surface area contributed by atoms with Crippen LogP contribution in [0.25, 0.3) is 0 Å². The van der Waals surface area contributed by atoms with Gasteiger partial charge in [-0.1, -0.05) is 48.5 Å². The van der Waals surface area contributed by atoms with Gasteiger partial charge in [0, 0.05) is 6.42 Å². The average molecular weight is 275 g/mol. The van der Waals surface area contributed by atoms with Crippen LogP contribution in [0.3, 0.4) is 0 Å². The van der Waals surface area contributed by atoms with Crippen molar-refractivity contribution in [1.29, 1.82) is 0 Å². The van der Waals surface area contributed by atoms with E-state index in [1.807, 2.05) is 54.6 Å². The maximum absolute atomic E-state index is 10.8. The van der Waals surface area contributed by atoms with Gasteiger partial charge >= 0.3 is 8.03 Å². The Morgan fingerprint density at radius 2 is 1.68 bits per heavy atom. The fraction of sp³-hybridized carbons (Fsp3) is 0.200. The second-order valence-corrected chi connectivity index (χ2v) is 5.36. The summed E-state index contributed by atoms with van der Waals surface area (Å²) in [7, 11) is -2.10. The number of rotatable bonds is 6. The lowest BCUT2D eigenvalue weighted by Crippen LogP contribution is -1.99. The molecule has 1 N–H and O–H groups in total. The Bertz CT molecular complexity index is 540. The number of para-hydroxylation sites is 1. The van der Waals surface area contributed by atoms with Crippen LogP contribution in [0.4, 0.5) is 0 Å². The van der Waals surface area contributed by atoms with Crippen molar-refractivity contribution in [2.45, 2.75) is 13.0 Å².